The molecule has 0 aromatic rings. The van der Waals surface area contributed by atoms with E-state index in [4.69, 9.17) is 17.5 Å². The van der Waals surface area contributed by atoms with Crippen LogP contribution in [0, 0.1) is 0 Å². The van der Waals surface area contributed by atoms with Crippen LogP contribution in [0.2, 0.25) is 0 Å². The Morgan fingerprint density at radius 1 is 1.40 bits per heavy atom. The van der Waals surface area contributed by atoms with Crippen LogP contribution >= 0.6 is 0 Å². The van der Waals surface area contributed by atoms with E-state index in [0.29, 0.717) is 12.3 Å². The second-order valence-corrected chi connectivity index (χ2v) is 3.41. The maximum Gasteiger partial charge on any atom is 0.394 e. The lowest BCUT2D eigenvalue weighted by Gasteiger charge is -2.12. The largest absolute Gasteiger partial charge is 0.461 e. The minimum absolute atomic E-state index is 0.354. The van der Waals surface area contributed by atoms with Crippen LogP contribution in [0.4, 0.5) is 0 Å². The lowest BCUT2D eigenvalue weighted by molar-refractivity contribution is -0.139. The van der Waals surface area contributed by atoms with Crippen molar-refractivity contribution in [1.29, 1.82) is 0 Å². The standard InChI is InChI=1S/C7H13NO2.H2O4S/c1-5-10-7(9)6(2)8(3)4;1-5(2,3)4/h2,5H2,1,3-4H3;(H2,1,2,3,4). The molecule has 0 heterocycles. The summed E-state index contributed by atoms with van der Waals surface area (Å²) < 4.78 is 36.3. The highest BCUT2D eigenvalue weighted by atomic mass is 32.3. The van der Waals surface area contributed by atoms with Crippen LogP contribution in [0.15, 0.2) is 12.3 Å². The van der Waals surface area contributed by atoms with Crippen molar-refractivity contribution in [3.05, 3.63) is 12.3 Å². The Labute approximate surface area is 88.9 Å². The van der Waals surface area contributed by atoms with Crippen molar-refractivity contribution in [3.8, 4) is 0 Å². The summed E-state index contributed by atoms with van der Waals surface area (Å²) >= 11 is 0. The zero-order valence-electron chi connectivity index (χ0n) is 8.80. The van der Waals surface area contributed by atoms with Gasteiger partial charge in [0.05, 0.1) is 6.61 Å². The first kappa shape index (κ1) is 16.3. The molecule has 0 radical (unpaired) electrons. The fourth-order valence-corrected chi connectivity index (χ4v) is 0.397. The van der Waals surface area contributed by atoms with Crippen molar-refractivity contribution in [3.63, 3.8) is 0 Å². The number of rotatable bonds is 3. The molecular weight excluding hydrogens is 226 g/mol. The van der Waals surface area contributed by atoms with Crippen LogP contribution in [-0.4, -0.2) is 49.1 Å². The van der Waals surface area contributed by atoms with E-state index in [1.165, 1.54) is 0 Å². The molecule has 0 saturated carbocycles. The molecule has 0 aliphatic carbocycles. The number of hydrogen-bond acceptors (Lipinski definition) is 5. The smallest absolute Gasteiger partial charge is 0.394 e. The summed E-state index contributed by atoms with van der Waals surface area (Å²) in [5.41, 5.74) is 0.377. The van der Waals surface area contributed by atoms with Crippen molar-refractivity contribution in [2.24, 2.45) is 0 Å². The number of carbonyl (C=O) groups excluding carboxylic acids is 1. The highest BCUT2D eigenvalue weighted by molar-refractivity contribution is 7.79. The lowest BCUT2D eigenvalue weighted by atomic mass is 10.5. The molecule has 0 atom stereocenters. The molecule has 2 N–H and O–H groups in total. The molecule has 0 saturated heterocycles. The van der Waals surface area contributed by atoms with Gasteiger partial charge in [-0.2, -0.15) is 8.42 Å². The summed E-state index contributed by atoms with van der Waals surface area (Å²) in [7, 11) is -1.17. The molecule has 0 bridgehead atoms. The first-order valence-electron chi connectivity index (χ1n) is 3.82. The van der Waals surface area contributed by atoms with Crippen LogP contribution in [-0.2, 0) is 19.9 Å². The van der Waals surface area contributed by atoms with E-state index in [2.05, 4.69) is 11.3 Å². The summed E-state index contributed by atoms with van der Waals surface area (Å²) in [6.45, 7) is 5.68. The van der Waals surface area contributed by atoms with E-state index in [9.17, 15) is 4.79 Å². The molecule has 0 amide bonds. The molecule has 0 spiro atoms. The van der Waals surface area contributed by atoms with Crippen molar-refractivity contribution in [1.82, 2.24) is 4.90 Å². The quantitative estimate of drug-likeness (QED) is 0.406. The first-order chi connectivity index (χ1) is 6.59. The number of carbonyl (C=O) groups is 1. The Morgan fingerprint density at radius 2 is 1.73 bits per heavy atom. The Kier molecular flexibility index (Phi) is 7.84. The molecular formula is C7H15NO6S. The van der Waals surface area contributed by atoms with Gasteiger partial charge in [-0.15, -0.1) is 0 Å². The van der Waals surface area contributed by atoms with E-state index < -0.39 is 10.4 Å². The van der Waals surface area contributed by atoms with Crippen LogP contribution in [0.1, 0.15) is 6.92 Å². The summed E-state index contributed by atoms with van der Waals surface area (Å²) in [5.74, 6) is -0.354. The molecule has 0 aromatic heterocycles. The normalized spacial score (nSPS) is 9.67. The maximum absolute atomic E-state index is 10.8. The van der Waals surface area contributed by atoms with Crippen molar-refractivity contribution in [2.45, 2.75) is 6.92 Å². The van der Waals surface area contributed by atoms with Gasteiger partial charge in [0.25, 0.3) is 0 Å². The predicted octanol–water partition coefficient (Wildman–Crippen LogP) is -0.0280. The molecule has 0 unspecified atom stereocenters. The van der Waals surface area contributed by atoms with Crippen molar-refractivity contribution < 1.29 is 27.1 Å². The summed E-state index contributed by atoms with van der Waals surface area (Å²) in [5, 5.41) is 0. The molecule has 7 nitrogen and oxygen atoms in total. The van der Waals surface area contributed by atoms with Crippen molar-refractivity contribution in [2.75, 3.05) is 20.7 Å². The molecule has 0 aliphatic heterocycles. The molecule has 15 heavy (non-hydrogen) atoms. The Bertz CT molecular complexity index is 299. The molecule has 0 rings (SSSR count). The monoisotopic (exact) mass is 241 g/mol. The van der Waals surface area contributed by atoms with E-state index in [1.54, 1.807) is 25.9 Å². The van der Waals surface area contributed by atoms with Gasteiger partial charge in [-0.25, -0.2) is 4.79 Å². The average molecular weight is 241 g/mol. The van der Waals surface area contributed by atoms with Gasteiger partial charge in [0.15, 0.2) is 0 Å². The molecule has 0 aliphatic rings. The number of hydrogen-bond donors (Lipinski definition) is 2. The number of ether oxygens (including phenoxy) is 1. The van der Waals surface area contributed by atoms with Crippen LogP contribution in [0.5, 0.6) is 0 Å². The third kappa shape index (κ3) is 15.6. The van der Waals surface area contributed by atoms with Gasteiger partial charge in [-0.1, -0.05) is 6.58 Å². The van der Waals surface area contributed by atoms with Gasteiger partial charge in [0.1, 0.15) is 5.70 Å². The van der Waals surface area contributed by atoms with E-state index in [0.717, 1.165) is 0 Å². The van der Waals surface area contributed by atoms with Gasteiger partial charge in [0.2, 0.25) is 0 Å². The van der Waals surface area contributed by atoms with Gasteiger partial charge in [-0.3, -0.25) is 9.11 Å². The minimum atomic E-state index is -4.67. The highest BCUT2D eigenvalue weighted by Gasteiger charge is 2.07. The van der Waals surface area contributed by atoms with E-state index >= 15 is 0 Å². The van der Waals surface area contributed by atoms with Gasteiger partial charge >= 0.3 is 16.4 Å². The number of nitrogens with zero attached hydrogens (tertiary/aromatic N) is 1. The third-order valence-electron chi connectivity index (χ3n) is 1.05. The zero-order chi connectivity index (χ0) is 12.6. The SMILES string of the molecule is C=C(C(=O)OCC)N(C)C.O=S(=O)(O)O. The fraction of sp³-hybridized carbons (Fsp3) is 0.571. The molecule has 8 heteroatoms. The third-order valence-corrected chi connectivity index (χ3v) is 1.05. The minimum Gasteiger partial charge on any atom is -0.461 e. The second-order valence-electron chi connectivity index (χ2n) is 2.51. The Balaban J connectivity index is 0. The molecule has 90 valence electrons. The zero-order valence-corrected chi connectivity index (χ0v) is 9.61. The number of likely N-dealkylation sites (N-methyl/N-ethyl adjacent to an activating group) is 1. The fourth-order valence-electron chi connectivity index (χ4n) is 0.397. The van der Waals surface area contributed by atoms with Crippen LogP contribution in [0.25, 0.3) is 0 Å². The Hall–Kier alpha value is -1.12. The Morgan fingerprint density at radius 3 is 1.93 bits per heavy atom. The van der Waals surface area contributed by atoms with E-state index in [1.807, 2.05) is 0 Å². The highest BCUT2D eigenvalue weighted by Crippen LogP contribution is 1.96. The van der Waals surface area contributed by atoms with Gasteiger partial charge in [0, 0.05) is 14.1 Å². The average Bonchev–Trinajstić information content (AvgIpc) is 2.00. The maximum atomic E-state index is 10.8. The van der Waals surface area contributed by atoms with Crippen LogP contribution in [0.3, 0.4) is 0 Å². The summed E-state index contributed by atoms with van der Waals surface area (Å²) in [6.07, 6.45) is 0. The van der Waals surface area contributed by atoms with Crippen molar-refractivity contribution >= 4 is 16.4 Å². The van der Waals surface area contributed by atoms with E-state index in [-0.39, 0.29) is 5.97 Å². The van der Waals surface area contributed by atoms with Gasteiger partial charge < -0.3 is 9.64 Å². The van der Waals surface area contributed by atoms with Crippen LogP contribution < -0.4 is 0 Å². The molecule has 0 aromatic carbocycles. The lowest BCUT2D eigenvalue weighted by Crippen LogP contribution is -2.20. The predicted molar refractivity (Wildman–Crippen MR) is 53.6 cm³/mol. The second kappa shape index (κ2) is 7.21. The topological polar surface area (TPSA) is 104 Å². The first-order valence-corrected chi connectivity index (χ1v) is 5.22. The van der Waals surface area contributed by atoms with Gasteiger partial charge in [-0.05, 0) is 6.92 Å². The summed E-state index contributed by atoms with van der Waals surface area (Å²) in [6, 6.07) is 0. The number of esters is 1. The molecule has 0 fully saturated rings. The summed E-state index contributed by atoms with van der Waals surface area (Å²) in [4.78, 5) is 12.4.